The van der Waals surface area contributed by atoms with E-state index in [2.05, 4.69) is 4.98 Å². The van der Waals surface area contributed by atoms with E-state index in [9.17, 15) is 9.59 Å². The van der Waals surface area contributed by atoms with Gasteiger partial charge in [0.15, 0.2) is 6.20 Å². The van der Waals surface area contributed by atoms with E-state index in [1.807, 2.05) is 0 Å². The summed E-state index contributed by atoms with van der Waals surface area (Å²) in [4.78, 5) is 23.6. The van der Waals surface area contributed by atoms with Crippen molar-refractivity contribution in [1.82, 2.24) is 0 Å². The number of aromatic amines is 1. The lowest BCUT2D eigenvalue weighted by molar-refractivity contribution is -0.384. The summed E-state index contributed by atoms with van der Waals surface area (Å²) in [5.41, 5.74) is -0.129. The minimum absolute atomic E-state index is 0.122. The van der Waals surface area contributed by atoms with Crippen LogP contribution in [0.15, 0.2) is 12.3 Å². The van der Waals surface area contributed by atoms with Crippen molar-refractivity contribution in [3.05, 3.63) is 29.1 Å². The van der Waals surface area contributed by atoms with E-state index < -0.39 is 11.9 Å². The molecule has 0 aliphatic rings. The Hall–Kier alpha value is -1.62. The maximum absolute atomic E-state index is 10.7. The topological polar surface area (TPSA) is 88.7 Å². The van der Waals surface area contributed by atoms with Gasteiger partial charge in [-0.2, -0.15) is 0 Å². The number of hydrogen-bond donors (Lipinski definition) is 2. The maximum Gasteiger partial charge on any atom is 0.402 e. The molecule has 1 aromatic rings. The molecule has 0 bridgehead atoms. The van der Waals surface area contributed by atoms with Crippen LogP contribution in [0, 0.1) is 0 Å². The van der Waals surface area contributed by atoms with Gasteiger partial charge in [0.05, 0.1) is 5.88 Å². The number of pyridine rings is 1. The molecular formula is C8H7ClNO4+. The van der Waals surface area contributed by atoms with Crippen LogP contribution in [0.1, 0.15) is 26.4 Å². The second kappa shape index (κ2) is 4.06. The Labute approximate surface area is 84.0 Å². The lowest BCUT2D eigenvalue weighted by Crippen LogP contribution is -2.22. The third kappa shape index (κ3) is 2.00. The molecule has 6 heteroatoms. The molecule has 0 saturated carbocycles. The Morgan fingerprint density at radius 3 is 2.43 bits per heavy atom. The molecule has 0 fully saturated rings. The summed E-state index contributed by atoms with van der Waals surface area (Å²) < 4.78 is 0. The molecule has 1 rings (SSSR count). The molecule has 0 saturated heterocycles. The van der Waals surface area contributed by atoms with Crippen molar-refractivity contribution in [3.63, 3.8) is 0 Å². The standard InChI is InChI=1S/C8H6ClNO4/c9-2-4-1-5(7(11)12)6(8(13)14)10-3-4/h1,3H,2H2,(H,11,12)(H,13,14)/p+1. The van der Waals surface area contributed by atoms with Crippen molar-refractivity contribution in [1.29, 1.82) is 0 Å². The van der Waals surface area contributed by atoms with Crippen LogP contribution in [0.2, 0.25) is 0 Å². The fraction of sp³-hybridized carbons (Fsp3) is 0.125. The number of carbonyl (C=O) groups is 2. The van der Waals surface area contributed by atoms with Crippen molar-refractivity contribution in [2.45, 2.75) is 5.88 Å². The third-order valence-electron chi connectivity index (χ3n) is 1.60. The first kappa shape index (κ1) is 10.5. The fourth-order valence-electron chi connectivity index (χ4n) is 0.965. The summed E-state index contributed by atoms with van der Waals surface area (Å²) in [5, 5.41) is 17.4. The van der Waals surface area contributed by atoms with E-state index in [0.29, 0.717) is 5.56 Å². The lowest BCUT2D eigenvalue weighted by atomic mass is 10.1. The van der Waals surface area contributed by atoms with Crippen LogP contribution in [-0.2, 0) is 5.88 Å². The van der Waals surface area contributed by atoms with Gasteiger partial charge in [0, 0.05) is 5.56 Å². The zero-order chi connectivity index (χ0) is 10.7. The van der Waals surface area contributed by atoms with Crippen molar-refractivity contribution < 1.29 is 24.8 Å². The number of carboxylic acids is 2. The second-order valence-corrected chi connectivity index (χ2v) is 2.81. The van der Waals surface area contributed by atoms with Gasteiger partial charge in [-0.15, -0.1) is 11.6 Å². The molecule has 0 radical (unpaired) electrons. The number of aromatic nitrogens is 1. The Kier molecular flexibility index (Phi) is 3.03. The van der Waals surface area contributed by atoms with Gasteiger partial charge < -0.3 is 10.2 Å². The zero-order valence-electron chi connectivity index (χ0n) is 6.95. The molecule has 14 heavy (non-hydrogen) atoms. The first-order valence-corrected chi connectivity index (χ1v) is 4.17. The summed E-state index contributed by atoms with van der Waals surface area (Å²) >= 11 is 5.48. The van der Waals surface area contributed by atoms with Crippen molar-refractivity contribution >= 4 is 23.5 Å². The second-order valence-electron chi connectivity index (χ2n) is 2.54. The van der Waals surface area contributed by atoms with Gasteiger partial charge >= 0.3 is 17.6 Å². The van der Waals surface area contributed by atoms with Crippen LogP contribution >= 0.6 is 11.6 Å². The highest BCUT2D eigenvalue weighted by molar-refractivity contribution is 6.17. The Bertz CT molecular complexity index is 391. The fourth-order valence-corrected chi connectivity index (χ4v) is 1.12. The Morgan fingerprint density at radius 1 is 1.36 bits per heavy atom. The summed E-state index contributed by atoms with van der Waals surface area (Å²) in [6.07, 6.45) is 1.36. The van der Waals surface area contributed by atoms with Gasteiger partial charge in [0.25, 0.3) is 0 Å². The van der Waals surface area contributed by atoms with Crippen LogP contribution < -0.4 is 4.98 Å². The van der Waals surface area contributed by atoms with Crippen LogP contribution in [0.4, 0.5) is 0 Å². The largest absolute Gasteiger partial charge is 0.477 e. The van der Waals surface area contributed by atoms with E-state index in [1.165, 1.54) is 12.3 Å². The van der Waals surface area contributed by atoms with E-state index in [1.54, 1.807) is 0 Å². The van der Waals surface area contributed by atoms with Gasteiger partial charge in [0.1, 0.15) is 5.56 Å². The van der Waals surface area contributed by atoms with Crippen LogP contribution in [0.25, 0.3) is 0 Å². The number of nitrogens with one attached hydrogen (secondary N) is 1. The summed E-state index contributed by atoms with van der Waals surface area (Å²) in [6.45, 7) is 0. The molecule has 1 aromatic heterocycles. The first-order valence-electron chi connectivity index (χ1n) is 3.63. The molecule has 0 atom stereocenters. The molecule has 0 aliphatic heterocycles. The van der Waals surface area contributed by atoms with E-state index in [-0.39, 0.29) is 17.1 Å². The number of hydrogen-bond acceptors (Lipinski definition) is 2. The Morgan fingerprint density at radius 2 is 2.00 bits per heavy atom. The van der Waals surface area contributed by atoms with Crippen LogP contribution in [0.5, 0.6) is 0 Å². The molecule has 1 heterocycles. The number of carboxylic acid groups (broad SMARTS) is 2. The predicted octanol–water partition coefficient (Wildman–Crippen LogP) is 0.636. The number of aromatic carboxylic acids is 2. The molecule has 0 amide bonds. The smallest absolute Gasteiger partial charge is 0.402 e. The molecule has 0 aliphatic carbocycles. The first-order chi connectivity index (χ1) is 6.56. The van der Waals surface area contributed by atoms with E-state index in [4.69, 9.17) is 21.8 Å². The number of rotatable bonds is 3. The SMILES string of the molecule is O=C(O)c1cc(CCl)c[nH+]c1C(=O)O. The molecule has 0 unspecified atom stereocenters. The van der Waals surface area contributed by atoms with Crippen LogP contribution in [0.3, 0.4) is 0 Å². The molecule has 74 valence electrons. The maximum atomic E-state index is 10.7. The summed E-state index contributed by atoms with van der Waals surface area (Å²) in [6, 6.07) is 1.23. The highest BCUT2D eigenvalue weighted by Crippen LogP contribution is 2.08. The molecule has 0 spiro atoms. The molecule has 3 N–H and O–H groups in total. The van der Waals surface area contributed by atoms with Crippen molar-refractivity contribution in [2.24, 2.45) is 0 Å². The van der Waals surface area contributed by atoms with Crippen molar-refractivity contribution in [2.75, 3.05) is 0 Å². The highest BCUT2D eigenvalue weighted by Gasteiger charge is 2.23. The minimum atomic E-state index is -1.32. The number of alkyl halides is 1. The van der Waals surface area contributed by atoms with Gasteiger partial charge in [-0.1, -0.05) is 0 Å². The Balaban J connectivity index is 3.31. The number of H-pyrrole nitrogens is 1. The van der Waals surface area contributed by atoms with Gasteiger partial charge in [-0.05, 0) is 6.07 Å². The number of halogens is 1. The van der Waals surface area contributed by atoms with Gasteiger partial charge in [-0.3, -0.25) is 0 Å². The molecular weight excluding hydrogens is 210 g/mol. The average molecular weight is 217 g/mol. The van der Waals surface area contributed by atoms with E-state index >= 15 is 0 Å². The lowest BCUT2D eigenvalue weighted by Gasteiger charge is -1.96. The van der Waals surface area contributed by atoms with Gasteiger partial charge in [0.2, 0.25) is 0 Å². The quantitative estimate of drug-likeness (QED) is 0.726. The van der Waals surface area contributed by atoms with E-state index in [0.717, 1.165) is 0 Å². The molecule has 0 aromatic carbocycles. The minimum Gasteiger partial charge on any atom is -0.477 e. The normalized spacial score (nSPS) is 9.79. The highest BCUT2D eigenvalue weighted by atomic mass is 35.5. The third-order valence-corrected chi connectivity index (χ3v) is 1.91. The van der Waals surface area contributed by atoms with Crippen LogP contribution in [-0.4, -0.2) is 22.2 Å². The average Bonchev–Trinajstić information content (AvgIpc) is 2.16. The summed E-state index contributed by atoms with van der Waals surface area (Å²) in [5.74, 6) is -2.49. The van der Waals surface area contributed by atoms with Crippen molar-refractivity contribution in [3.8, 4) is 0 Å². The monoisotopic (exact) mass is 216 g/mol. The summed E-state index contributed by atoms with van der Waals surface area (Å²) in [7, 11) is 0. The molecule has 5 nitrogen and oxygen atoms in total. The zero-order valence-corrected chi connectivity index (χ0v) is 7.71. The van der Waals surface area contributed by atoms with Gasteiger partial charge in [-0.25, -0.2) is 14.6 Å². The predicted molar refractivity (Wildman–Crippen MR) is 46.5 cm³/mol.